The van der Waals surface area contributed by atoms with E-state index in [0.717, 1.165) is 0 Å². The monoisotopic (exact) mass is 276 g/mol. The zero-order chi connectivity index (χ0) is 14.7. The van der Waals surface area contributed by atoms with E-state index in [-0.39, 0.29) is 5.78 Å². The van der Waals surface area contributed by atoms with Crippen LogP contribution in [0.3, 0.4) is 0 Å². The molecule has 1 aliphatic carbocycles. The Morgan fingerprint density at radius 2 is 1.70 bits per heavy atom. The lowest BCUT2D eigenvalue weighted by Crippen LogP contribution is -2.39. The summed E-state index contributed by atoms with van der Waals surface area (Å²) in [5, 5.41) is 18.3. The van der Waals surface area contributed by atoms with Crippen molar-refractivity contribution in [3.63, 3.8) is 0 Å². The standard InChI is InChI=1S/C15H16O5/c16-11-8-4-7-10(13(14(17)18)15(19)20)12(11)9-5-2-1-3-6-9/h1-3,5-6,10,12-13H,4,7-8H2,(H,17,18)(H,19,20). The maximum Gasteiger partial charge on any atom is 0.318 e. The molecule has 20 heavy (non-hydrogen) atoms. The third-order valence-electron chi connectivity index (χ3n) is 3.85. The van der Waals surface area contributed by atoms with Crippen molar-refractivity contribution in [2.75, 3.05) is 0 Å². The van der Waals surface area contributed by atoms with Gasteiger partial charge >= 0.3 is 11.9 Å². The second kappa shape index (κ2) is 5.86. The van der Waals surface area contributed by atoms with Crippen molar-refractivity contribution in [2.24, 2.45) is 11.8 Å². The molecule has 2 unspecified atom stereocenters. The molecule has 5 heteroatoms. The van der Waals surface area contributed by atoms with Crippen molar-refractivity contribution in [1.82, 2.24) is 0 Å². The van der Waals surface area contributed by atoms with Crippen LogP contribution >= 0.6 is 0 Å². The number of aliphatic carboxylic acids is 2. The van der Waals surface area contributed by atoms with Crippen LogP contribution in [0.1, 0.15) is 30.7 Å². The highest BCUT2D eigenvalue weighted by molar-refractivity contribution is 5.95. The molecule has 0 aliphatic heterocycles. The predicted octanol–water partition coefficient (Wildman–Crippen LogP) is 1.92. The molecule has 0 amide bonds. The molecule has 2 rings (SSSR count). The molecule has 0 radical (unpaired) electrons. The molecule has 0 bridgehead atoms. The molecule has 2 atom stereocenters. The summed E-state index contributed by atoms with van der Waals surface area (Å²) in [5.74, 6) is -5.68. The van der Waals surface area contributed by atoms with E-state index >= 15 is 0 Å². The average Bonchev–Trinajstić information content (AvgIpc) is 2.39. The zero-order valence-corrected chi connectivity index (χ0v) is 10.9. The van der Waals surface area contributed by atoms with E-state index in [1.807, 2.05) is 0 Å². The fraction of sp³-hybridized carbons (Fsp3) is 0.400. The molecule has 0 saturated heterocycles. The first kappa shape index (κ1) is 14.2. The Morgan fingerprint density at radius 3 is 2.25 bits per heavy atom. The van der Waals surface area contributed by atoms with E-state index < -0.39 is 29.7 Å². The number of ketones is 1. The van der Waals surface area contributed by atoms with Gasteiger partial charge in [0.15, 0.2) is 5.92 Å². The highest BCUT2D eigenvalue weighted by Crippen LogP contribution is 2.40. The van der Waals surface area contributed by atoms with Gasteiger partial charge in [-0.1, -0.05) is 30.3 Å². The molecule has 1 aromatic rings. The van der Waals surface area contributed by atoms with E-state index in [1.165, 1.54) is 0 Å². The van der Waals surface area contributed by atoms with E-state index in [2.05, 4.69) is 0 Å². The lowest BCUT2D eigenvalue weighted by atomic mass is 9.69. The first-order valence-corrected chi connectivity index (χ1v) is 6.55. The van der Waals surface area contributed by atoms with Gasteiger partial charge in [-0.3, -0.25) is 14.4 Å². The largest absolute Gasteiger partial charge is 0.481 e. The Labute approximate surface area is 116 Å². The fourth-order valence-corrected chi connectivity index (χ4v) is 3.00. The van der Waals surface area contributed by atoms with Crippen molar-refractivity contribution in [3.05, 3.63) is 35.9 Å². The maximum atomic E-state index is 12.2. The van der Waals surface area contributed by atoms with Gasteiger partial charge in [0, 0.05) is 12.3 Å². The number of rotatable bonds is 4. The third-order valence-corrected chi connectivity index (χ3v) is 3.85. The lowest BCUT2D eigenvalue weighted by Gasteiger charge is -2.32. The van der Waals surface area contributed by atoms with Crippen LogP contribution in [0.15, 0.2) is 30.3 Å². The van der Waals surface area contributed by atoms with E-state index in [1.54, 1.807) is 30.3 Å². The van der Waals surface area contributed by atoms with Gasteiger partial charge in [0.2, 0.25) is 0 Å². The summed E-state index contributed by atoms with van der Waals surface area (Å²) in [5.41, 5.74) is 0.703. The number of carbonyl (C=O) groups is 3. The molecular formula is C15H16O5. The van der Waals surface area contributed by atoms with Crippen molar-refractivity contribution >= 4 is 17.7 Å². The molecule has 1 aromatic carbocycles. The Balaban J connectivity index is 2.40. The van der Waals surface area contributed by atoms with Crippen molar-refractivity contribution in [3.8, 4) is 0 Å². The molecule has 0 heterocycles. The normalized spacial score (nSPS) is 22.8. The highest BCUT2D eigenvalue weighted by Gasteiger charge is 2.44. The number of hydrogen-bond acceptors (Lipinski definition) is 3. The second-order valence-corrected chi connectivity index (χ2v) is 5.06. The molecule has 1 fully saturated rings. The Bertz CT molecular complexity index is 508. The van der Waals surface area contributed by atoms with Crippen LogP contribution < -0.4 is 0 Å². The van der Waals surface area contributed by atoms with Gasteiger partial charge in [0.25, 0.3) is 0 Å². The smallest absolute Gasteiger partial charge is 0.318 e. The molecule has 1 aliphatic rings. The van der Waals surface area contributed by atoms with Crippen LogP contribution in [0.5, 0.6) is 0 Å². The Hall–Kier alpha value is -2.17. The molecular weight excluding hydrogens is 260 g/mol. The summed E-state index contributed by atoms with van der Waals surface area (Å²) in [6.07, 6.45) is 1.36. The van der Waals surface area contributed by atoms with Gasteiger partial charge in [-0.2, -0.15) is 0 Å². The highest BCUT2D eigenvalue weighted by atomic mass is 16.4. The summed E-state index contributed by atoms with van der Waals surface area (Å²) in [6.45, 7) is 0. The van der Waals surface area contributed by atoms with Crippen molar-refractivity contribution in [2.45, 2.75) is 25.2 Å². The first-order chi connectivity index (χ1) is 9.52. The molecule has 0 spiro atoms. The maximum absolute atomic E-state index is 12.2. The average molecular weight is 276 g/mol. The number of Topliss-reactive ketones (excluding diaryl/α,β-unsaturated/α-hetero) is 1. The van der Waals surface area contributed by atoms with E-state index in [4.69, 9.17) is 10.2 Å². The lowest BCUT2D eigenvalue weighted by molar-refractivity contribution is -0.158. The van der Waals surface area contributed by atoms with Crippen LogP contribution in [0.25, 0.3) is 0 Å². The van der Waals surface area contributed by atoms with Crippen molar-refractivity contribution in [1.29, 1.82) is 0 Å². The van der Waals surface area contributed by atoms with Crippen molar-refractivity contribution < 1.29 is 24.6 Å². The van der Waals surface area contributed by atoms with Crippen LogP contribution in [-0.4, -0.2) is 27.9 Å². The number of carboxylic acid groups (broad SMARTS) is 2. The van der Waals surface area contributed by atoms with Gasteiger partial charge in [-0.15, -0.1) is 0 Å². The zero-order valence-electron chi connectivity index (χ0n) is 10.9. The molecule has 2 N–H and O–H groups in total. The van der Waals surface area contributed by atoms with Gasteiger partial charge in [-0.05, 0) is 24.3 Å². The van der Waals surface area contributed by atoms with Crippen LogP contribution in [0.4, 0.5) is 0 Å². The fourth-order valence-electron chi connectivity index (χ4n) is 3.00. The SMILES string of the molecule is O=C(O)C(C(=O)O)C1CCCC(=O)C1c1ccccc1. The van der Waals surface area contributed by atoms with Crippen LogP contribution in [-0.2, 0) is 14.4 Å². The molecule has 0 aromatic heterocycles. The number of benzene rings is 1. The van der Waals surface area contributed by atoms with Crippen LogP contribution in [0.2, 0.25) is 0 Å². The topological polar surface area (TPSA) is 91.7 Å². The minimum absolute atomic E-state index is 0.0695. The Kier molecular flexibility index (Phi) is 4.17. The van der Waals surface area contributed by atoms with Gasteiger partial charge in [0.05, 0.1) is 0 Å². The summed E-state index contributed by atoms with van der Waals surface area (Å²) in [4.78, 5) is 34.6. The van der Waals surface area contributed by atoms with E-state index in [0.29, 0.717) is 24.8 Å². The summed E-state index contributed by atoms with van der Waals surface area (Å²) < 4.78 is 0. The quantitative estimate of drug-likeness (QED) is 0.820. The minimum Gasteiger partial charge on any atom is -0.481 e. The molecule has 1 saturated carbocycles. The number of carbonyl (C=O) groups excluding carboxylic acids is 1. The van der Waals surface area contributed by atoms with Gasteiger partial charge in [-0.25, -0.2) is 0 Å². The molecule has 106 valence electrons. The van der Waals surface area contributed by atoms with Gasteiger partial charge < -0.3 is 10.2 Å². The van der Waals surface area contributed by atoms with E-state index in [9.17, 15) is 14.4 Å². The second-order valence-electron chi connectivity index (χ2n) is 5.06. The van der Waals surface area contributed by atoms with Crippen LogP contribution in [0, 0.1) is 11.8 Å². The summed E-state index contributed by atoms with van der Waals surface area (Å²) in [6, 6.07) is 8.84. The predicted molar refractivity (Wildman–Crippen MR) is 70.3 cm³/mol. The first-order valence-electron chi connectivity index (χ1n) is 6.55. The molecule has 5 nitrogen and oxygen atoms in total. The third kappa shape index (κ3) is 2.71. The number of carboxylic acids is 2. The minimum atomic E-state index is -1.54. The number of hydrogen-bond donors (Lipinski definition) is 2. The Morgan fingerprint density at radius 1 is 1.10 bits per heavy atom. The summed E-state index contributed by atoms with van der Waals surface area (Å²) in [7, 11) is 0. The van der Waals surface area contributed by atoms with Gasteiger partial charge in [0.1, 0.15) is 5.78 Å². The summed E-state index contributed by atoms with van der Waals surface area (Å²) >= 11 is 0.